The highest BCUT2D eigenvalue weighted by Gasteiger charge is 2.15. The quantitative estimate of drug-likeness (QED) is 0.842. The van der Waals surface area contributed by atoms with Crippen LogP contribution < -0.4 is 10.1 Å². The van der Waals surface area contributed by atoms with Crippen molar-refractivity contribution in [2.45, 2.75) is 12.8 Å². The highest BCUT2D eigenvalue weighted by Crippen LogP contribution is 2.17. The van der Waals surface area contributed by atoms with Gasteiger partial charge in [-0.1, -0.05) is 22.0 Å². The molecule has 0 bridgehead atoms. The van der Waals surface area contributed by atoms with E-state index >= 15 is 0 Å². The normalized spacial score (nSPS) is 15.3. The highest BCUT2D eigenvalue weighted by molar-refractivity contribution is 9.10. The fourth-order valence-electron chi connectivity index (χ4n) is 2.04. The van der Waals surface area contributed by atoms with Gasteiger partial charge in [0.1, 0.15) is 5.75 Å². The van der Waals surface area contributed by atoms with Crippen molar-refractivity contribution in [2.24, 2.45) is 0 Å². The Morgan fingerprint density at radius 2 is 2.16 bits per heavy atom. The van der Waals surface area contributed by atoms with Gasteiger partial charge in [0.25, 0.3) is 0 Å². The third-order valence-corrected chi connectivity index (χ3v) is 3.56. The maximum Gasteiger partial charge on any atom is 0.222 e. The van der Waals surface area contributed by atoms with E-state index in [9.17, 15) is 4.79 Å². The molecule has 19 heavy (non-hydrogen) atoms. The van der Waals surface area contributed by atoms with Crippen molar-refractivity contribution in [1.82, 2.24) is 10.2 Å². The standard InChI is InChI=1S/C14H19BrN2O2/c15-12-3-1-4-13(11-12)19-10-2-5-14(18)17-8-6-16-7-9-17/h1,3-4,11,16H,2,5-10H2. The van der Waals surface area contributed by atoms with E-state index in [2.05, 4.69) is 21.2 Å². The van der Waals surface area contributed by atoms with Crippen LogP contribution in [0.2, 0.25) is 0 Å². The summed E-state index contributed by atoms with van der Waals surface area (Å²) in [4.78, 5) is 13.8. The average Bonchev–Trinajstić information content (AvgIpc) is 2.44. The molecule has 0 spiro atoms. The predicted octanol–water partition coefficient (Wildman–Crippen LogP) is 2.04. The van der Waals surface area contributed by atoms with Gasteiger partial charge in [-0.2, -0.15) is 0 Å². The number of carbonyl (C=O) groups excluding carboxylic acids is 1. The lowest BCUT2D eigenvalue weighted by Crippen LogP contribution is -2.46. The minimum absolute atomic E-state index is 0.236. The molecule has 0 unspecified atom stereocenters. The second kappa shape index (κ2) is 7.50. The first-order valence-electron chi connectivity index (χ1n) is 6.62. The number of piperazine rings is 1. The summed E-state index contributed by atoms with van der Waals surface area (Å²) in [5.41, 5.74) is 0. The van der Waals surface area contributed by atoms with Gasteiger partial charge in [0, 0.05) is 37.1 Å². The van der Waals surface area contributed by atoms with Crippen LogP contribution in [-0.2, 0) is 4.79 Å². The molecule has 1 heterocycles. The summed E-state index contributed by atoms with van der Waals surface area (Å²) in [6, 6.07) is 7.74. The van der Waals surface area contributed by atoms with Crippen molar-refractivity contribution in [3.05, 3.63) is 28.7 Å². The van der Waals surface area contributed by atoms with E-state index < -0.39 is 0 Å². The molecule has 1 saturated heterocycles. The molecule has 0 aliphatic carbocycles. The SMILES string of the molecule is O=C(CCCOc1cccc(Br)c1)N1CCNCC1. The number of rotatable bonds is 5. The smallest absolute Gasteiger partial charge is 0.222 e. The number of carbonyl (C=O) groups is 1. The Morgan fingerprint density at radius 1 is 1.37 bits per heavy atom. The van der Waals surface area contributed by atoms with Gasteiger partial charge in [-0.15, -0.1) is 0 Å². The van der Waals surface area contributed by atoms with E-state index in [0.717, 1.165) is 42.8 Å². The maximum absolute atomic E-state index is 11.9. The number of hydrogen-bond acceptors (Lipinski definition) is 3. The minimum Gasteiger partial charge on any atom is -0.494 e. The Hall–Kier alpha value is -1.07. The Balaban J connectivity index is 1.65. The molecule has 5 heteroatoms. The van der Waals surface area contributed by atoms with Gasteiger partial charge in [-0.25, -0.2) is 0 Å². The molecule has 104 valence electrons. The molecule has 1 aromatic rings. The third-order valence-electron chi connectivity index (χ3n) is 3.07. The van der Waals surface area contributed by atoms with Crippen LogP contribution in [0.1, 0.15) is 12.8 Å². The summed E-state index contributed by atoms with van der Waals surface area (Å²) in [5, 5.41) is 3.24. The first-order chi connectivity index (χ1) is 9.25. The van der Waals surface area contributed by atoms with Gasteiger partial charge < -0.3 is 15.0 Å². The molecule has 1 amide bonds. The summed E-state index contributed by atoms with van der Waals surface area (Å²) in [6.07, 6.45) is 1.32. The predicted molar refractivity (Wildman–Crippen MR) is 78.3 cm³/mol. The Morgan fingerprint density at radius 3 is 2.89 bits per heavy atom. The zero-order valence-electron chi connectivity index (χ0n) is 10.9. The molecule has 1 N–H and O–H groups in total. The van der Waals surface area contributed by atoms with Gasteiger partial charge in [0.15, 0.2) is 0 Å². The van der Waals surface area contributed by atoms with Gasteiger partial charge >= 0.3 is 0 Å². The maximum atomic E-state index is 11.9. The topological polar surface area (TPSA) is 41.6 Å². The molecule has 0 aromatic heterocycles. The number of halogens is 1. The van der Waals surface area contributed by atoms with E-state index in [0.29, 0.717) is 13.0 Å². The van der Waals surface area contributed by atoms with Crippen molar-refractivity contribution < 1.29 is 9.53 Å². The number of benzene rings is 1. The molecular formula is C14H19BrN2O2. The Labute approximate surface area is 122 Å². The Bertz CT molecular complexity index is 420. The summed E-state index contributed by atoms with van der Waals surface area (Å²) < 4.78 is 6.61. The van der Waals surface area contributed by atoms with E-state index in [4.69, 9.17) is 4.74 Å². The lowest BCUT2D eigenvalue weighted by Gasteiger charge is -2.27. The van der Waals surface area contributed by atoms with E-state index in [1.165, 1.54) is 0 Å². The molecule has 1 aliphatic heterocycles. The second-order valence-corrected chi connectivity index (χ2v) is 5.46. The number of hydrogen-bond donors (Lipinski definition) is 1. The first-order valence-corrected chi connectivity index (χ1v) is 7.42. The van der Waals surface area contributed by atoms with Crippen molar-refractivity contribution >= 4 is 21.8 Å². The average molecular weight is 327 g/mol. The van der Waals surface area contributed by atoms with E-state index in [-0.39, 0.29) is 5.91 Å². The molecule has 2 rings (SSSR count). The number of nitrogens with one attached hydrogen (secondary N) is 1. The number of amides is 1. The molecular weight excluding hydrogens is 308 g/mol. The molecule has 0 atom stereocenters. The van der Waals surface area contributed by atoms with Gasteiger partial charge in [0.2, 0.25) is 5.91 Å². The van der Waals surface area contributed by atoms with Crippen molar-refractivity contribution in [3.63, 3.8) is 0 Å². The van der Waals surface area contributed by atoms with Crippen molar-refractivity contribution in [3.8, 4) is 5.75 Å². The van der Waals surface area contributed by atoms with Crippen molar-refractivity contribution in [2.75, 3.05) is 32.8 Å². The molecule has 1 aromatic carbocycles. The molecule has 1 fully saturated rings. The lowest BCUT2D eigenvalue weighted by atomic mass is 10.2. The molecule has 1 aliphatic rings. The van der Waals surface area contributed by atoms with Crippen LogP contribution in [-0.4, -0.2) is 43.6 Å². The summed E-state index contributed by atoms with van der Waals surface area (Å²) in [7, 11) is 0. The van der Waals surface area contributed by atoms with Crippen LogP contribution in [0, 0.1) is 0 Å². The van der Waals surface area contributed by atoms with Crippen LogP contribution in [0.15, 0.2) is 28.7 Å². The zero-order chi connectivity index (χ0) is 13.5. The van der Waals surface area contributed by atoms with Crippen molar-refractivity contribution in [1.29, 1.82) is 0 Å². The van der Waals surface area contributed by atoms with Crippen LogP contribution in [0.25, 0.3) is 0 Å². The molecule has 0 saturated carbocycles. The Kier molecular flexibility index (Phi) is 5.66. The monoisotopic (exact) mass is 326 g/mol. The second-order valence-electron chi connectivity index (χ2n) is 4.54. The highest BCUT2D eigenvalue weighted by atomic mass is 79.9. The number of nitrogens with zero attached hydrogens (tertiary/aromatic N) is 1. The van der Waals surface area contributed by atoms with E-state index in [1.54, 1.807) is 0 Å². The first kappa shape index (κ1) is 14.3. The summed E-state index contributed by atoms with van der Waals surface area (Å²) in [5.74, 6) is 1.07. The fraction of sp³-hybridized carbons (Fsp3) is 0.500. The van der Waals surface area contributed by atoms with Crippen LogP contribution in [0.4, 0.5) is 0 Å². The molecule has 0 radical (unpaired) electrons. The van der Waals surface area contributed by atoms with Gasteiger partial charge in [-0.05, 0) is 24.6 Å². The van der Waals surface area contributed by atoms with Crippen LogP contribution in [0.3, 0.4) is 0 Å². The van der Waals surface area contributed by atoms with Crippen LogP contribution in [0.5, 0.6) is 5.75 Å². The summed E-state index contributed by atoms with van der Waals surface area (Å²) >= 11 is 3.40. The zero-order valence-corrected chi connectivity index (χ0v) is 12.5. The lowest BCUT2D eigenvalue weighted by molar-refractivity contribution is -0.132. The third kappa shape index (κ3) is 4.84. The minimum atomic E-state index is 0.236. The van der Waals surface area contributed by atoms with Gasteiger partial charge in [-0.3, -0.25) is 4.79 Å². The van der Waals surface area contributed by atoms with Gasteiger partial charge in [0.05, 0.1) is 6.61 Å². The summed E-state index contributed by atoms with van der Waals surface area (Å²) in [6.45, 7) is 4.03. The fourth-order valence-corrected chi connectivity index (χ4v) is 2.42. The molecule has 4 nitrogen and oxygen atoms in total. The van der Waals surface area contributed by atoms with Crippen LogP contribution >= 0.6 is 15.9 Å². The number of ether oxygens (including phenoxy) is 1. The largest absolute Gasteiger partial charge is 0.494 e. The van der Waals surface area contributed by atoms with E-state index in [1.807, 2.05) is 29.2 Å².